The van der Waals surface area contributed by atoms with Gasteiger partial charge in [0, 0.05) is 0 Å². The molecule has 150 valence electrons. The minimum atomic E-state index is -0.160. The Hall–Kier alpha value is -3.21. The molecule has 3 aromatic rings. The second kappa shape index (κ2) is 8.43. The lowest BCUT2D eigenvalue weighted by Gasteiger charge is -2.25. The number of fused-ring (bicyclic) bond motifs is 2. The number of ether oxygens (including phenoxy) is 3. The highest BCUT2D eigenvalue weighted by atomic mass is 16.6. The van der Waals surface area contributed by atoms with E-state index in [0.717, 1.165) is 27.8 Å². The van der Waals surface area contributed by atoms with Crippen LogP contribution in [0.4, 0.5) is 0 Å². The van der Waals surface area contributed by atoms with Gasteiger partial charge in [-0.05, 0) is 46.5 Å². The zero-order valence-electron chi connectivity index (χ0n) is 16.7. The molecule has 1 heterocycles. The van der Waals surface area contributed by atoms with Crippen LogP contribution in [0, 0.1) is 5.92 Å². The van der Waals surface area contributed by atoms with E-state index in [2.05, 4.69) is 19.2 Å². The standard InChI is InChI=1S/C24H25NO4/c1-16(2)24(19-8-10-21-22(14-19)28-12-11-27-21)25-23(26)15-29-20-9-7-17-5-3-4-6-18(17)13-20/h3-10,13-14,16,24H,11-12,15H2,1-2H3,(H,25,26). The van der Waals surface area contributed by atoms with E-state index < -0.39 is 0 Å². The Labute approximate surface area is 170 Å². The van der Waals surface area contributed by atoms with Crippen LogP contribution in [0.2, 0.25) is 0 Å². The lowest BCUT2D eigenvalue weighted by atomic mass is 9.95. The third-order valence-corrected chi connectivity index (χ3v) is 5.00. The number of rotatable bonds is 6. The van der Waals surface area contributed by atoms with Crippen molar-refractivity contribution in [3.63, 3.8) is 0 Å². The van der Waals surface area contributed by atoms with Gasteiger partial charge in [0.05, 0.1) is 6.04 Å². The Kier molecular flexibility index (Phi) is 5.56. The molecule has 0 radical (unpaired) electrons. The van der Waals surface area contributed by atoms with Gasteiger partial charge in [-0.25, -0.2) is 0 Å². The quantitative estimate of drug-likeness (QED) is 0.672. The van der Waals surface area contributed by atoms with Crippen LogP contribution in [-0.4, -0.2) is 25.7 Å². The number of benzene rings is 3. The van der Waals surface area contributed by atoms with Crippen LogP contribution < -0.4 is 19.5 Å². The molecule has 0 spiro atoms. The molecule has 0 fully saturated rings. The summed E-state index contributed by atoms with van der Waals surface area (Å²) in [4.78, 5) is 12.6. The number of carbonyl (C=O) groups is 1. The van der Waals surface area contributed by atoms with Crippen LogP contribution >= 0.6 is 0 Å². The van der Waals surface area contributed by atoms with Crippen molar-refractivity contribution < 1.29 is 19.0 Å². The molecule has 4 rings (SSSR count). The largest absolute Gasteiger partial charge is 0.486 e. The average Bonchev–Trinajstić information content (AvgIpc) is 2.75. The maximum absolute atomic E-state index is 12.6. The van der Waals surface area contributed by atoms with Crippen molar-refractivity contribution in [1.82, 2.24) is 5.32 Å². The zero-order chi connectivity index (χ0) is 20.2. The number of amides is 1. The molecule has 1 amide bonds. The van der Waals surface area contributed by atoms with E-state index in [-0.39, 0.29) is 24.5 Å². The first-order valence-electron chi connectivity index (χ1n) is 9.90. The molecular weight excluding hydrogens is 366 g/mol. The van der Waals surface area contributed by atoms with Gasteiger partial charge in [0.2, 0.25) is 0 Å². The summed E-state index contributed by atoms with van der Waals surface area (Å²) in [5, 5.41) is 5.31. The smallest absolute Gasteiger partial charge is 0.258 e. The molecule has 1 unspecified atom stereocenters. The average molecular weight is 391 g/mol. The van der Waals surface area contributed by atoms with Gasteiger partial charge < -0.3 is 19.5 Å². The molecular formula is C24H25NO4. The fourth-order valence-electron chi connectivity index (χ4n) is 3.51. The Bertz CT molecular complexity index is 1010. The van der Waals surface area contributed by atoms with Gasteiger partial charge in [-0.3, -0.25) is 4.79 Å². The third kappa shape index (κ3) is 4.45. The van der Waals surface area contributed by atoms with Crippen LogP contribution in [0.15, 0.2) is 60.7 Å². The van der Waals surface area contributed by atoms with E-state index in [0.29, 0.717) is 19.0 Å². The predicted octanol–water partition coefficient (Wildman–Crippen LogP) is 4.50. The molecule has 1 aliphatic heterocycles. The Morgan fingerprint density at radius 1 is 0.966 bits per heavy atom. The topological polar surface area (TPSA) is 56.8 Å². The summed E-state index contributed by atoms with van der Waals surface area (Å²) in [5.74, 6) is 2.20. The first-order chi connectivity index (χ1) is 14.1. The summed E-state index contributed by atoms with van der Waals surface area (Å²) in [6.07, 6.45) is 0. The summed E-state index contributed by atoms with van der Waals surface area (Å²) in [6.45, 7) is 5.21. The zero-order valence-corrected chi connectivity index (χ0v) is 16.7. The molecule has 0 saturated heterocycles. The second-order valence-corrected chi connectivity index (χ2v) is 7.49. The molecule has 1 aliphatic rings. The summed E-state index contributed by atoms with van der Waals surface area (Å²) in [7, 11) is 0. The van der Waals surface area contributed by atoms with Gasteiger partial charge >= 0.3 is 0 Å². The van der Waals surface area contributed by atoms with Crippen LogP contribution in [0.3, 0.4) is 0 Å². The predicted molar refractivity (Wildman–Crippen MR) is 113 cm³/mol. The number of nitrogens with one attached hydrogen (secondary N) is 1. The highest BCUT2D eigenvalue weighted by molar-refractivity contribution is 5.84. The SMILES string of the molecule is CC(C)C(NC(=O)COc1ccc2ccccc2c1)c1ccc2c(c1)OCCO2. The van der Waals surface area contributed by atoms with E-state index in [4.69, 9.17) is 14.2 Å². The van der Waals surface area contributed by atoms with E-state index in [1.54, 1.807) is 0 Å². The van der Waals surface area contributed by atoms with Crippen LogP contribution in [0.25, 0.3) is 10.8 Å². The fourth-order valence-corrected chi connectivity index (χ4v) is 3.51. The number of hydrogen-bond donors (Lipinski definition) is 1. The van der Waals surface area contributed by atoms with Crippen molar-refractivity contribution in [3.8, 4) is 17.2 Å². The van der Waals surface area contributed by atoms with Crippen LogP contribution in [0.1, 0.15) is 25.5 Å². The molecule has 5 heteroatoms. The van der Waals surface area contributed by atoms with Crippen molar-refractivity contribution in [2.24, 2.45) is 5.92 Å². The van der Waals surface area contributed by atoms with Crippen molar-refractivity contribution in [2.75, 3.05) is 19.8 Å². The molecule has 5 nitrogen and oxygen atoms in total. The van der Waals surface area contributed by atoms with E-state index in [1.165, 1.54) is 0 Å². The highest BCUT2D eigenvalue weighted by Gasteiger charge is 2.21. The minimum Gasteiger partial charge on any atom is -0.486 e. The van der Waals surface area contributed by atoms with Gasteiger partial charge in [0.15, 0.2) is 18.1 Å². The molecule has 0 bridgehead atoms. The molecule has 1 atom stereocenters. The fraction of sp³-hybridized carbons (Fsp3) is 0.292. The van der Waals surface area contributed by atoms with Gasteiger partial charge in [0.1, 0.15) is 19.0 Å². The van der Waals surface area contributed by atoms with E-state index in [1.807, 2.05) is 60.7 Å². The summed E-state index contributed by atoms with van der Waals surface area (Å²) >= 11 is 0. The number of carbonyl (C=O) groups excluding carboxylic acids is 1. The van der Waals surface area contributed by atoms with Crippen molar-refractivity contribution >= 4 is 16.7 Å². The highest BCUT2D eigenvalue weighted by Crippen LogP contribution is 2.34. The van der Waals surface area contributed by atoms with Gasteiger partial charge in [-0.2, -0.15) is 0 Å². The van der Waals surface area contributed by atoms with Crippen LogP contribution in [-0.2, 0) is 4.79 Å². The Morgan fingerprint density at radius 2 is 1.72 bits per heavy atom. The number of hydrogen-bond acceptors (Lipinski definition) is 4. The molecule has 0 saturated carbocycles. The molecule has 0 aliphatic carbocycles. The lowest BCUT2D eigenvalue weighted by Crippen LogP contribution is -2.35. The maximum Gasteiger partial charge on any atom is 0.258 e. The maximum atomic E-state index is 12.6. The Morgan fingerprint density at radius 3 is 2.52 bits per heavy atom. The minimum absolute atomic E-state index is 0.0356. The second-order valence-electron chi connectivity index (χ2n) is 7.49. The molecule has 0 aromatic heterocycles. The van der Waals surface area contributed by atoms with Gasteiger partial charge in [-0.15, -0.1) is 0 Å². The van der Waals surface area contributed by atoms with Gasteiger partial charge in [-0.1, -0.05) is 50.2 Å². The lowest BCUT2D eigenvalue weighted by molar-refractivity contribution is -0.124. The first-order valence-corrected chi connectivity index (χ1v) is 9.90. The molecule has 1 N–H and O–H groups in total. The first kappa shape index (κ1) is 19.1. The van der Waals surface area contributed by atoms with Crippen molar-refractivity contribution in [3.05, 3.63) is 66.2 Å². The summed E-state index contributed by atoms with van der Waals surface area (Å²) in [6, 6.07) is 19.6. The summed E-state index contributed by atoms with van der Waals surface area (Å²) < 4.78 is 17.0. The van der Waals surface area contributed by atoms with Crippen molar-refractivity contribution in [2.45, 2.75) is 19.9 Å². The molecule has 29 heavy (non-hydrogen) atoms. The molecule has 3 aromatic carbocycles. The monoisotopic (exact) mass is 391 g/mol. The normalized spacial score (nSPS) is 13.9. The third-order valence-electron chi connectivity index (χ3n) is 5.00. The Balaban J connectivity index is 1.42. The van der Waals surface area contributed by atoms with Crippen LogP contribution in [0.5, 0.6) is 17.2 Å². The van der Waals surface area contributed by atoms with Crippen molar-refractivity contribution in [1.29, 1.82) is 0 Å². The van der Waals surface area contributed by atoms with E-state index >= 15 is 0 Å². The summed E-state index contributed by atoms with van der Waals surface area (Å²) in [5.41, 5.74) is 0.989. The van der Waals surface area contributed by atoms with Gasteiger partial charge in [0.25, 0.3) is 5.91 Å². The van der Waals surface area contributed by atoms with E-state index in [9.17, 15) is 4.79 Å².